The molecule has 4 aromatic rings. The Balaban J connectivity index is 1.23. The van der Waals surface area contributed by atoms with Crippen LogP contribution in [0.15, 0.2) is 119 Å². The lowest BCUT2D eigenvalue weighted by Gasteiger charge is -2.27. The molecule has 7 rings (SSSR count). The van der Waals surface area contributed by atoms with E-state index >= 15 is 0 Å². The summed E-state index contributed by atoms with van der Waals surface area (Å²) in [7, 11) is 0. The van der Waals surface area contributed by atoms with Gasteiger partial charge in [0.25, 0.3) is 0 Å². The second-order valence-electron chi connectivity index (χ2n) is 14.1. The number of anilines is 1. The number of rotatable bonds is 5. The lowest BCUT2D eigenvalue weighted by Crippen LogP contribution is -3.10. The average Bonchev–Trinajstić information content (AvgIpc) is 3.41. The molecule has 2 atom stereocenters. The van der Waals surface area contributed by atoms with E-state index < -0.39 is 0 Å². The highest BCUT2D eigenvalue weighted by Crippen LogP contribution is 2.51. The summed E-state index contributed by atoms with van der Waals surface area (Å²) < 4.78 is 0. The number of halogens is 1. The molecule has 2 unspecified atom stereocenters. The molecule has 0 radical (unpaired) electrons. The van der Waals surface area contributed by atoms with Crippen LogP contribution in [0.4, 0.5) is 11.4 Å². The molecule has 2 aliphatic heterocycles. The minimum Gasteiger partial charge on any atom is -0.344 e. The van der Waals surface area contributed by atoms with E-state index in [1.807, 2.05) is 0 Å². The summed E-state index contributed by atoms with van der Waals surface area (Å²) in [4.78, 5) is 4.03. The fourth-order valence-electron chi connectivity index (χ4n) is 8.73. The van der Waals surface area contributed by atoms with Crippen LogP contribution in [0.2, 0.25) is 0 Å². The SMILES string of the molecule is CCN1/C(=C/C=C2\CCCC(/C=C/C3[NH+](CC)c4ccc5ccccc5c4C3(C)C)=C2Cl)C(C)(C)c2c1ccc1ccccc21. The summed E-state index contributed by atoms with van der Waals surface area (Å²) in [6.07, 6.45) is 12.7. The van der Waals surface area contributed by atoms with Gasteiger partial charge in [0, 0.05) is 40.0 Å². The van der Waals surface area contributed by atoms with Crippen molar-refractivity contribution < 1.29 is 4.90 Å². The molecule has 0 bridgehead atoms. The van der Waals surface area contributed by atoms with E-state index in [0.717, 1.165) is 37.4 Å². The Morgan fingerprint density at radius 3 is 2.18 bits per heavy atom. The van der Waals surface area contributed by atoms with Gasteiger partial charge in [-0.2, -0.15) is 0 Å². The molecule has 45 heavy (non-hydrogen) atoms. The third-order valence-corrected chi connectivity index (χ3v) is 11.4. The van der Waals surface area contributed by atoms with Crippen molar-refractivity contribution in [2.75, 3.05) is 18.0 Å². The maximum Gasteiger partial charge on any atom is 0.136 e. The van der Waals surface area contributed by atoms with Crippen molar-refractivity contribution in [2.45, 2.75) is 77.7 Å². The number of nitrogens with one attached hydrogen (secondary N) is 1. The van der Waals surface area contributed by atoms with Crippen molar-refractivity contribution in [2.24, 2.45) is 0 Å². The van der Waals surface area contributed by atoms with Crippen LogP contribution in [0.1, 0.15) is 71.9 Å². The molecular weight excluding hydrogens is 568 g/mol. The molecule has 2 nitrogen and oxygen atoms in total. The first kappa shape index (κ1) is 30.1. The maximum absolute atomic E-state index is 7.25. The van der Waals surface area contributed by atoms with Gasteiger partial charge in [0.1, 0.15) is 11.7 Å². The van der Waals surface area contributed by atoms with Crippen molar-refractivity contribution in [3.05, 3.63) is 130 Å². The number of fused-ring (bicyclic) bond motifs is 6. The normalized spacial score (nSPS) is 24.0. The predicted molar refractivity (Wildman–Crippen MR) is 194 cm³/mol. The number of benzene rings is 4. The van der Waals surface area contributed by atoms with Gasteiger partial charge in [0.15, 0.2) is 0 Å². The molecule has 0 spiro atoms. The van der Waals surface area contributed by atoms with E-state index in [9.17, 15) is 0 Å². The molecule has 2 heterocycles. The van der Waals surface area contributed by atoms with Crippen molar-refractivity contribution >= 4 is 44.5 Å². The molecule has 1 aliphatic carbocycles. The molecule has 3 heteroatoms. The van der Waals surface area contributed by atoms with Crippen molar-refractivity contribution in [1.82, 2.24) is 0 Å². The minimum atomic E-state index is -0.101. The summed E-state index contributed by atoms with van der Waals surface area (Å²) in [6, 6.07) is 27.2. The van der Waals surface area contributed by atoms with Gasteiger partial charge in [0.2, 0.25) is 0 Å². The van der Waals surface area contributed by atoms with Gasteiger partial charge in [0.05, 0.1) is 12.0 Å². The number of likely N-dealkylation sites (N-methyl/N-ethyl adjacent to an activating group) is 2. The zero-order valence-corrected chi connectivity index (χ0v) is 28.4. The van der Waals surface area contributed by atoms with Crippen LogP contribution in [0.3, 0.4) is 0 Å². The zero-order valence-electron chi connectivity index (χ0n) is 27.7. The summed E-state index contributed by atoms with van der Waals surface area (Å²) in [5.41, 5.74) is 9.48. The molecule has 0 fully saturated rings. The summed E-state index contributed by atoms with van der Waals surface area (Å²) in [5.74, 6) is 0. The maximum atomic E-state index is 7.25. The third-order valence-electron chi connectivity index (χ3n) is 10.9. The van der Waals surface area contributed by atoms with Crippen LogP contribution in [0, 0.1) is 0 Å². The molecule has 4 aromatic carbocycles. The Morgan fingerprint density at radius 2 is 1.49 bits per heavy atom. The fourth-order valence-corrected chi connectivity index (χ4v) is 9.05. The largest absolute Gasteiger partial charge is 0.344 e. The van der Waals surface area contributed by atoms with Crippen molar-refractivity contribution in [3.63, 3.8) is 0 Å². The first-order valence-electron chi connectivity index (χ1n) is 16.8. The number of allylic oxidation sites excluding steroid dienone is 7. The quantitative estimate of drug-likeness (QED) is 0.235. The number of nitrogens with zero attached hydrogens (tertiary/aromatic N) is 1. The van der Waals surface area contributed by atoms with E-state index in [-0.39, 0.29) is 10.8 Å². The first-order chi connectivity index (χ1) is 21.7. The van der Waals surface area contributed by atoms with Gasteiger partial charge in [-0.15, -0.1) is 0 Å². The van der Waals surface area contributed by atoms with E-state index in [0.29, 0.717) is 6.04 Å². The molecule has 0 amide bonds. The fraction of sp³-hybridized carbons (Fsp3) is 0.333. The monoisotopic (exact) mass is 613 g/mol. The summed E-state index contributed by atoms with van der Waals surface area (Å²) in [5, 5.41) is 6.31. The summed E-state index contributed by atoms with van der Waals surface area (Å²) >= 11 is 7.25. The Kier molecular flexibility index (Phi) is 7.58. The van der Waals surface area contributed by atoms with Crippen LogP contribution < -0.4 is 9.80 Å². The van der Waals surface area contributed by atoms with Gasteiger partial charge in [-0.05, 0) is 109 Å². The second-order valence-corrected chi connectivity index (χ2v) is 14.5. The predicted octanol–water partition coefficient (Wildman–Crippen LogP) is 10.1. The number of hydrogen-bond donors (Lipinski definition) is 1. The molecule has 3 aliphatic rings. The van der Waals surface area contributed by atoms with Gasteiger partial charge >= 0.3 is 0 Å². The van der Waals surface area contributed by atoms with E-state index in [4.69, 9.17) is 11.6 Å². The van der Waals surface area contributed by atoms with Crippen molar-refractivity contribution in [3.8, 4) is 0 Å². The molecule has 230 valence electrons. The standard InChI is InChI=1S/C42H45ClN2/c1-7-44-34-24-20-28-14-9-11-18-32(28)38(34)41(3,4)36(44)26-22-30-16-13-17-31(40(30)43)23-27-37-42(5,6)39-33-19-12-10-15-29(33)21-25-35(39)45(37)8-2/h9-12,14-15,18-27,36H,7-8,13,16-17H2,1-6H3/p+1/b26-22+,31-23+,37-27+. The van der Waals surface area contributed by atoms with Gasteiger partial charge in [-0.25, -0.2) is 0 Å². The van der Waals surface area contributed by atoms with Gasteiger partial charge in [-0.1, -0.05) is 92.2 Å². The zero-order chi connectivity index (χ0) is 31.5. The lowest BCUT2D eigenvalue weighted by atomic mass is 9.78. The van der Waals surface area contributed by atoms with Crippen LogP contribution in [0.25, 0.3) is 21.5 Å². The lowest BCUT2D eigenvalue weighted by molar-refractivity contribution is -0.848. The number of quaternary nitrogens is 1. The topological polar surface area (TPSA) is 7.68 Å². The van der Waals surface area contributed by atoms with Crippen LogP contribution in [0.5, 0.6) is 0 Å². The Hall–Kier alpha value is -3.59. The van der Waals surface area contributed by atoms with E-state index in [1.54, 1.807) is 4.90 Å². The smallest absolute Gasteiger partial charge is 0.136 e. The second kappa shape index (κ2) is 11.3. The molecule has 0 saturated heterocycles. The molecule has 0 saturated carbocycles. The molecule has 1 N–H and O–H groups in total. The molecular formula is C42H46ClN2+. The van der Waals surface area contributed by atoms with Crippen molar-refractivity contribution in [1.29, 1.82) is 0 Å². The molecule has 0 aromatic heterocycles. The third kappa shape index (κ3) is 4.72. The highest BCUT2D eigenvalue weighted by Gasteiger charge is 2.48. The van der Waals surface area contributed by atoms with Crippen LogP contribution in [-0.2, 0) is 10.8 Å². The Morgan fingerprint density at radius 1 is 0.822 bits per heavy atom. The van der Waals surface area contributed by atoms with Crippen LogP contribution >= 0.6 is 11.6 Å². The van der Waals surface area contributed by atoms with E-state index in [2.05, 4.69) is 144 Å². The average molecular weight is 614 g/mol. The Labute approximate surface area is 274 Å². The first-order valence-corrected chi connectivity index (χ1v) is 17.2. The Bertz CT molecular complexity index is 1940. The van der Waals surface area contributed by atoms with Gasteiger partial charge < -0.3 is 4.90 Å². The highest BCUT2D eigenvalue weighted by atomic mass is 35.5. The highest BCUT2D eigenvalue weighted by molar-refractivity contribution is 6.32. The van der Waals surface area contributed by atoms with Gasteiger partial charge in [-0.3, -0.25) is 4.90 Å². The van der Waals surface area contributed by atoms with Crippen LogP contribution in [-0.4, -0.2) is 19.1 Å². The minimum absolute atomic E-state index is 0.0136. The summed E-state index contributed by atoms with van der Waals surface area (Å²) in [6.45, 7) is 16.1. The number of hydrogen-bond acceptors (Lipinski definition) is 1. The van der Waals surface area contributed by atoms with E-state index in [1.165, 1.54) is 60.9 Å².